The van der Waals surface area contributed by atoms with Crippen LogP contribution in [0.3, 0.4) is 0 Å². The van der Waals surface area contributed by atoms with Crippen molar-refractivity contribution in [2.45, 2.75) is 20.3 Å². The van der Waals surface area contributed by atoms with E-state index in [1.54, 1.807) is 0 Å². The Hall–Kier alpha value is -2.38. The number of aryl methyl sites for hydroxylation is 2. The average Bonchev–Trinajstić information content (AvgIpc) is 3.08. The lowest BCUT2D eigenvalue weighted by Gasteiger charge is -2.28. The molecule has 0 spiro atoms. The van der Waals surface area contributed by atoms with Crippen molar-refractivity contribution in [3.63, 3.8) is 0 Å². The Bertz CT molecular complexity index is 795. The number of benzene rings is 1. The summed E-state index contributed by atoms with van der Waals surface area (Å²) in [6.07, 6.45) is 0.880. The Morgan fingerprint density at radius 1 is 1.22 bits per heavy atom. The van der Waals surface area contributed by atoms with Crippen molar-refractivity contribution in [1.82, 2.24) is 0 Å². The van der Waals surface area contributed by atoms with E-state index in [2.05, 4.69) is 10.2 Å². The molecule has 2 heterocycles. The molecular formula is C20H24N2O4S. The molecule has 0 bridgehead atoms. The standard InChI is InChI=1S/C20H24N2O4S/c1-3-17-14(2)12-18(27-17)20(24)26-13-19(23)21-15-4-6-16(7-5-15)22-8-10-25-11-9-22/h4-7,12H,3,8-11,13H2,1-2H3,(H,21,23). The molecule has 2 aromatic rings. The average molecular weight is 388 g/mol. The van der Waals surface area contributed by atoms with Crippen LogP contribution in [0.15, 0.2) is 30.3 Å². The lowest BCUT2D eigenvalue weighted by Crippen LogP contribution is -2.36. The third-order valence-corrected chi connectivity index (χ3v) is 5.77. The molecule has 0 atom stereocenters. The molecule has 1 aliphatic heterocycles. The Kier molecular flexibility index (Phi) is 6.47. The van der Waals surface area contributed by atoms with Gasteiger partial charge >= 0.3 is 5.97 Å². The molecule has 7 heteroatoms. The van der Waals surface area contributed by atoms with E-state index in [1.807, 2.05) is 44.2 Å². The molecule has 27 heavy (non-hydrogen) atoms. The maximum absolute atomic E-state index is 12.1. The highest BCUT2D eigenvalue weighted by molar-refractivity contribution is 7.14. The van der Waals surface area contributed by atoms with Crippen LogP contribution in [0.25, 0.3) is 0 Å². The van der Waals surface area contributed by atoms with E-state index in [0.29, 0.717) is 10.6 Å². The molecule has 1 saturated heterocycles. The molecule has 0 radical (unpaired) electrons. The van der Waals surface area contributed by atoms with Crippen LogP contribution in [0.4, 0.5) is 11.4 Å². The summed E-state index contributed by atoms with van der Waals surface area (Å²) in [5, 5.41) is 2.75. The molecule has 1 fully saturated rings. The first-order valence-electron chi connectivity index (χ1n) is 9.06. The summed E-state index contributed by atoms with van der Waals surface area (Å²) < 4.78 is 10.5. The van der Waals surface area contributed by atoms with E-state index < -0.39 is 5.97 Å². The molecule has 1 amide bonds. The summed E-state index contributed by atoms with van der Waals surface area (Å²) >= 11 is 1.42. The van der Waals surface area contributed by atoms with E-state index in [9.17, 15) is 9.59 Å². The van der Waals surface area contributed by atoms with Crippen molar-refractivity contribution in [3.05, 3.63) is 45.6 Å². The van der Waals surface area contributed by atoms with E-state index >= 15 is 0 Å². The van der Waals surface area contributed by atoms with Crippen LogP contribution in [0, 0.1) is 6.92 Å². The maximum Gasteiger partial charge on any atom is 0.348 e. The maximum atomic E-state index is 12.1. The fourth-order valence-corrected chi connectivity index (χ4v) is 3.96. The van der Waals surface area contributed by atoms with Gasteiger partial charge in [0.1, 0.15) is 4.88 Å². The van der Waals surface area contributed by atoms with Crippen LogP contribution in [0.5, 0.6) is 0 Å². The van der Waals surface area contributed by atoms with E-state index in [4.69, 9.17) is 9.47 Å². The van der Waals surface area contributed by atoms with Gasteiger partial charge < -0.3 is 19.7 Å². The fourth-order valence-electron chi connectivity index (χ4n) is 2.95. The molecule has 1 N–H and O–H groups in total. The molecule has 144 valence electrons. The van der Waals surface area contributed by atoms with Gasteiger partial charge in [-0.25, -0.2) is 4.79 Å². The van der Waals surface area contributed by atoms with Crippen LogP contribution >= 0.6 is 11.3 Å². The molecule has 6 nitrogen and oxygen atoms in total. The van der Waals surface area contributed by atoms with Gasteiger partial charge in [-0.05, 0) is 49.2 Å². The third-order valence-electron chi connectivity index (χ3n) is 4.40. The van der Waals surface area contributed by atoms with Crippen LogP contribution in [0.1, 0.15) is 27.0 Å². The van der Waals surface area contributed by atoms with Gasteiger partial charge in [0.2, 0.25) is 0 Å². The van der Waals surface area contributed by atoms with Crippen molar-refractivity contribution in [2.24, 2.45) is 0 Å². The van der Waals surface area contributed by atoms with E-state index in [0.717, 1.165) is 48.9 Å². The molecule has 0 aliphatic carbocycles. The van der Waals surface area contributed by atoms with Crippen LogP contribution in [-0.2, 0) is 20.7 Å². The summed E-state index contributed by atoms with van der Waals surface area (Å²) in [5.41, 5.74) is 2.86. The quantitative estimate of drug-likeness (QED) is 0.770. The highest BCUT2D eigenvalue weighted by Crippen LogP contribution is 2.23. The van der Waals surface area contributed by atoms with Gasteiger partial charge in [0.15, 0.2) is 6.61 Å². The molecule has 1 aliphatic rings. The third kappa shape index (κ3) is 5.08. The highest BCUT2D eigenvalue weighted by atomic mass is 32.1. The van der Waals surface area contributed by atoms with Gasteiger partial charge in [-0.1, -0.05) is 6.92 Å². The number of amides is 1. The van der Waals surface area contributed by atoms with E-state index in [-0.39, 0.29) is 12.5 Å². The smallest absolute Gasteiger partial charge is 0.348 e. The number of thiophene rings is 1. The number of anilines is 2. The monoisotopic (exact) mass is 388 g/mol. The molecule has 1 aromatic carbocycles. The number of carbonyl (C=O) groups excluding carboxylic acids is 2. The predicted molar refractivity (Wildman–Crippen MR) is 107 cm³/mol. The van der Waals surface area contributed by atoms with Gasteiger partial charge in [-0.2, -0.15) is 0 Å². The minimum atomic E-state index is -0.458. The first kappa shape index (κ1) is 19.4. The zero-order chi connectivity index (χ0) is 19.2. The molecule has 3 rings (SSSR count). The second-order valence-corrected chi connectivity index (χ2v) is 7.48. The number of hydrogen-bond acceptors (Lipinski definition) is 6. The first-order chi connectivity index (χ1) is 13.1. The summed E-state index contributed by atoms with van der Waals surface area (Å²) in [6.45, 7) is 6.90. The predicted octanol–water partition coefficient (Wildman–Crippen LogP) is 3.25. The Morgan fingerprint density at radius 2 is 1.93 bits per heavy atom. The van der Waals surface area contributed by atoms with Gasteiger partial charge in [0.25, 0.3) is 5.91 Å². The highest BCUT2D eigenvalue weighted by Gasteiger charge is 2.15. The van der Waals surface area contributed by atoms with Crippen LogP contribution < -0.4 is 10.2 Å². The minimum Gasteiger partial charge on any atom is -0.451 e. The van der Waals surface area contributed by atoms with Crippen LogP contribution in [-0.4, -0.2) is 44.8 Å². The Labute approximate surface area is 163 Å². The van der Waals surface area contributed by atoms with Gasteiger partial charge in [-0.15, -0.1) is 11.3 Å². The summed E-state index contributed by atoms with van der Waals surface area (Å²) in [4.78, 5) is 28.1. The van der Waals surface area contributed by atoms with Crippen molar-refractivity contribution < 1.29 is 19.1 Å². The number of esters is 1. The van der Waals surface area contributed by atoms with Gasteiger partial charge in [0, 0.05) is 29.3 Å². The SMILES string of the molecule is CCc1sc(C(=O)OCC(=O)Nc2ccc(N3CCOCC3)cc2)cc1C. The number of nitrogens with zero attached hydrogens (tertiary/aromatic N) is 1. The lowest BCUT2D eigenvalue weighted by molar-refractivity contribution is -0.119. The number of nitrogens with one attached hydrogen (secondary N) is 1. The summed E-state index contributed by atoms with van der Waals surface area (Å²) in [7, 11) is 0. The number of ether oxygens (including phenoxy) is 2. The molecular weight excluding hydrogens is 364 g/mol. The largest absolute Gasteiger partial charge is 0.451 e. The normalized spacial score (nSPS) is 14.1. The molecule has 1 aromatic heterocycles. The number of morpholine rings is 1. The van der Waals surface area contributed by atoms with Crippen molar-refractivity contribution >= 4 is 34.6 Å². The molecule has 0 unspecified atom stereocenters. The lowest BCUT2D eigenvalue weighted by atomic mass is 10.2. The first-order valence-corrected chi connectivity index (χ1v) is 9.87. The topological polar surface area (TPSA) is 67.9 Å². The second kappa shape index (κ2) is 9.01. The number of rotatable bonds is 6. The zero-order valence-electron chi connectivity index (χ0n) is 15.6. The number of carbonyl (C=O) groups is 2. The zero-order valence-corrected chi connectivity index (χ0v) is 16.4. The minimum absolute atomic E-state index is 0.303. The fraction of sp³-hybridized carbons (Fsp3) is 0.400. The van der Waals surface area contributed by atoms with Crippen LogP contribution in [0.2, 0.25) is 0 Å². The van der Waals surface area contributed by atoms with Crippen molar-refractivity contribution in [2.75, 3.05) is 43.1 Å². The number of hydrogen-bond donors (Lipinski definition) is 1. The molecule has 0 saturated carbocycles. The van der Waals surface area contributed by atoms with Crippen molar-refractivity contribution in [3.8, 4) is 0 Å². The Balaban J connectivity index is 1.49. The van der Waals surface area contributed by atoms with Crippen molar-refractivity contribution in [1.29, 1.82) is 0 Å². The van der Waals surface area contributed by atoms with Gasteiger partial charge in [-0.3, -0.25) is 4.79 Å². The van der Waals surface area contributed by atoms with Gasteiger partial charge in [0.05, 0.1) is 13.2 Å². The summed E-state index contributed by atoms with van der Waals surface area (Å²) in [6, 6.07) is 9.44. The second-order valence-electron chi connectivity index (χ2n) is 6.34. The Morgan fingerprint density at radius 3 is 2.56 bits per heavy atom. The summed E-state index contributed by atoms with van der Waals surface area (Å²) in [5.74, 6) is -0.813. The van der Waals surface area contributed by atoms with E-state index in [1.165, 1.54) is 11.3 Å².